The highest BCUT2D eigenvalue weighted by molar-refractivity contribution is 7.14. The van der Waals surface area contributed by atoms with E-state index in [4.69, 9.17) is 21.1 Å². The largest absolute Gasteiger partial charge is 0.468 e. The Bertz CT molecular complexity index is 1140. The van der Waals surface area contributed by atoms with Gasteiger partial charge in [-0.25, -0.2) is 9.59 Å². The quantitative estimate of drug-likeness (QED) is 0.294. The molecule has 1 atom stereocenters. The monoisotopic (exact) mass is 497 g/mol. The molecular weight excluding hydrogens is 470 g/mol. The van der Waals surface area contributed by atoms with Gasteiger partial charge in [-0.05, 0) is 41.3 Å². The van der Waals surface area contributed by atoms with Gasteiger partial charge in [-0.3, -0.25) is 4.90 Å². The number of rotatable bonds is 6. The van der Waals surface area contributed by atoms with Gasteiger partial charge in [-0.1, -0.05) is 74.0 Å². The van der Waals surface area contributed by atoms with Crippen LogP contribution in [0.2, 0.25) is 5.02 Å². The molecule has 0 N–H and O–H groups in total. The summed E-state index contributed by atoms with van der Waals surface area (Å²) < 4.78 is 10.6. The summed E-state index contributed by atoms with van der Waals surface area (Å²) in [6.45, 7) is 5.20. The van der Waals surface area contributed by atoms with Crippen molar-refractivity contribution in [2.75, 3.05) is 13.7 Å². The summed E-state index contributed by atoms with van der Waals surface area (Å²) in [4.78, 5) is 28.0. The van der Waals surface area contributed by atoms with Gasteiger partial charge in [-0.15, -0.1) is 11.3 Å². The van der Waals surface area contributed by atoms with E-state index in [-0.39, 0.29) is 5.97 Å². The molecule has 1 aliphatic heterocycles. The highest BCUT2D eigenvalue weighted by atomic mass is 35.5. The van der Waals surface area contributed by atoms with E-state index in [9.17, 15) is 9.59 Å². The van der Waals surface area contributed by atoms with Gasteiger partial charge in [0.25, 0.3) is 0 Å². The Morgan fingerprint density at radius 1 is 1.09 bits per heavy atom. The predicted molar refractivity (Wildman–Crippen MR) is 137 cm³/mol. The Hall–Kier alpha value is -2.93. The third-order valence-corrected chi connectivity index (χ3v) is 6.73. The summed E-state index contributed by atoms with van der Waals surface area (Å²) in [5, 5.41) is 1.07. The van der Waals surface area contributed by atoms with Crippen molar-refractivity contribution in [2.24, 2.45) is 0 Å². The highest BCUT2D eigenvalue weighted by Gasteiger charge is 2.33. The van der Waals surface area contributed by atoms with Gasteiger partial charge in [0.2, 0.25) is 0 Å². The van der Waals surface area contributed by atoms with Gasteiger partial charge in [0, 0.05) is 29.1 Å². The van der Waals surface area contributed by atoms with E-state index in [2.05, 4.69) is 0 Å². The minimum absolute atomic E-state index is 0.352. The number of halogens is 1. The zero-order valence-electron chi connectivity index (χ0n) is 19.5. The molecule has 0 saturated heterocycles. The average molecular weight is 498 g/mol. The number of thiophene rings is 1. The summed E-state index contributed by atoms with van der Waals surface area (Å²) in [6, 6.07) is 18.2. The summed E-state index contributed by atoms with van der Waals surface area (Å²) in [5.74, 6) is -0.776. The van der Waals surface area contributed by atoms with E-state index in [0.29, 0.717) is 23.2 Å². The fourth-order valence-electron chi connectivity index (χ4n) is 3.74. The van der Waals surface area contributed by atoms with Crippen molar-refractivity contribution in [1.29, 1.82) is 0 Å². The van der Waals surface area contributed by atoms with Crippen molar-refractivity contribution in [3.8, 4) is 5.06 Å². The van der Waals surface area contributed by atoms with Crippen LogP contribution in [-0.2, 0) is 27.3 Å². The summed E-state index contributed by atoms with van der Waals surface area (Å²) in [6.07, 6.45) is 3.89. The normalized spacial score (nSPS) is 14.0. The molecule has 4 rings (SSSR count). The number of carbonyl (C=O) groups excluding carboxylic acids is 2. The first-order valence-corrected chi connectivity index (χ1v) is 12.4. The van der Waals surface area contributed by atoms with Crippen molar-refractivity contribution in [3.63, 3.8) is 0 Å². The molecule has 3 aromatic rings. The zero-order valence-corrected chi connectivity index (χ0v) is 21.1. The standard InChI is InChI=1S/C25H22ClNO4S.C2H6/c1-30-25(29)24(19-9-5-6-10-20(19)26)27-14-13-21-18(16-27)15-23(32-21)31-22(28)12-11-17-7-3-2-4-8-17;1-2/h2-12,15,24H,13-14,16H2,1H3;1-2H3/b12-11+;. The van der Waals surface area contributed by atoms with E-state index < -0.39 is 12.0 Å². The van der Waals surface area contributed by atoms with Gasteiger partial charge >= 0.3 is 11.9 Å². The first-order chi connectivity index (χ1) is 16.5. The molecule has 178 valence electrons. The smallest absolute Gasteiger partial charge is 0.336 e. The molecule has 0 fully saturated rings. The molecule has 0 amide bonds. The van der Waals surface area contributed by atoms with Gasteiger partial charge in [-0.2, -0.15) is 0 Å². The molecule has 7 heteroatoms. The molecular formula is C27H28ClNO4S. The number of carbonyl (C=O) groups is 2. The molecule has 1 unspecified atom stereocenters. The summed E-state index contributed by atoms with van der Waals surface area (Å²) in [5.41, 5.74) is 2.69. The number of methoxy groups -OCH3 is 1. The van der Waals surface area contributed by atoms with E-state index >= 15 is 0 Å². The van der Waals surface area contributed by atoms with Crippen molar-refractivity contribution in [1.82, 2.24) is 4.90 Å². The van der Waals surface area contributed by atoms with Crippen LogP contribution in [0.25, 0.3) is 6.08 Å². The van der Waals surface area contributed by atoms with Crippen molar-refractivity contribution in [2.45, 2.75) is 32.9 Å². The molecule has 0 saturated carbocycles. The second-order valence-corrected chi connectivity index (χ2v) is 8.85. The van der Waals surface area contributed by atoms with Crippen LogP contribution in [0.1, 0.15) is 41.5 Å². The summed E-state index contributed by atoms with van der Waals surface area (Å²) >= 11 is 7.84. The topological polar surface area (TPSA) is 55.8 Å². The first-order valence-electron chi connectivity index (χ1n) is 11.2. The van der Waals surface area contributed by atoms with Crippen molar-refractivity contribution in [3.05, 3.63) is 93.3 Å². The fraction of sp³-hybridized carbons (Fsp3) is 0.259. The Morgan fingerprint density at radius 3 is 2.50 bits per heavy atom. The maximum atomic E-state index is 12.6. The van der Waals surface area contributed by atoms with Gasteiger partial charge in [0.1, 0.15) is 6.04 Å². The van der Waals surface area contributed by atoms with Gasteiger partial charge < -0.3 is 9.47 Å². The number of hydrogen-bond donors (Lipinski definition) is 0. The van der Waals surface area contributed by atoms with E-state index in [1.54, 1.807) is 12.1 Å². The van der Waals surface area contributed by atoms with Crippen LogP contribution in [-0.4, -0.2) is 30.5 Å². The van der Waals surface area contributed by atoms with Crippen LogP contribution in [0.3, 0.4) is 0 Å². The maximum Gasteiger partial charge on any atom is 0.336 e. The molecule has 2 aromatic carbocycles. The van der Waals surface area contributed by atoms with Gasteiger partial charge in [0.05, 0.1) is 7.11 Å². The van der Waals surface area contributed by atoms with Crippen LogP contribution >= 0.6 is 22.9 Å². The Kier molecular flexibility index (Phi) is 9.45. The lowest BCUT2D eigenvalue weighted by atomic mass is 10.0. The summed E-state index contributed by atoms with van der Waals surface area (Å²) in [7, 11) is 1.38. The second kappa shape index (κ2) is 12.5. The number of ether oxygens (including phenoxy) is 2. The van der Waals surface area contributed by atoms with Gasteiger partial charge in [0.15, 0.2) is 5.06 Å². The molecule has 1 aromatic heterocycles. The van der Waals surface area contributed by atoms with Crippen LogP contribution in [0, 0.1) is 0 Å². The Labute approximate surface area is 209 Å². The third kappa shape index (κ3) is 6.35. The molecule has 0 aliphatic carbocycles. The minimum Gasteiger partial charge on any atom is -0.468 e. The van der Waals surface area contributed by atoms with Crippen LogP contribution in [0.4, 0.5) is 0 Å². The van der Waals surface area contributed by atoms with E-state index in [1.165, 1.54) is 24.5 Å². The zero-order chi connectivity index (χ0) is 24.5. The maximum absolute atomic E-state index is 12.6. The predicted octanol–water partition coefficient (Wildman–Crippen LogP) is 6.32. The number of nitrogens with zero attached hydrogens (tertiary/aromatic N) is 1. The first kappa shape index (κ1) is 25.7. The minimum atomic E-state index is -0.596. The van der Waals surface area contributed by atoms with Crippen LogP contribution in [0.5, 0.6) is 5.06 Å². The number of fused-ring (bicyclic) bond motifs is 1. The number of esters is 2. The molecule has 0 spiro atoms. The lowest BCUT2D eigenvalue weighted by Crippen LogP contribution is -2.38. The van der Waals surface area contributed by atoms with E-state index in [1.807, 2.05) is 73.3 Å². The van der Waals surface area contributed by atoms with Crippen LogP contribution < -0.4 is 4.74 Å². The molecule has 5 nitrogen and oxygen atoms in total. The molecule has 1 aliphatic rings. The van der Waals surface area contributed by atoms with Crippen LogP contribution in [0.15, 0.2) is 66.7 Å². The Morgan fingerprint density at radius 2 is 1.79 bits per heavy atom. The third-order valence-electron chi connectivity index (χ3n) is 5.28. The molecule has 2 heterocycles. The van der Waals surface area contributed by atoms with Crippen molar-refractivity contribution < 1.29 is 19.1 Å². The molecule has 0 radical (unpaired) electrons. The fourth-order valence-corrected chi connectivity index (χ4v) is 5.00. The highest BCUT2D eigenvalue weighted by Crippen LogP contribution is 2.37. The SMILES string of the molecule is CC.COC(=O)C(c1ccccc1Cl)N1CCc2sc(OC(=O)/C=C/c3ccccc3)cc2C1. The average Bonchev–Trinajstić information content (AvgIpc) is 3.27. The van der Waals surface area contributed by atoms with E-state index in [0.717, 1.165) is 28.0 Å². The lowest BCUT2D eigenvalue weighted by molar-refractivity contribution is -0.147. The number of hydrogen-bond acceptors (Lipinski definition) is 6. The lowest BCUT2D eigenvalue weighted by Gasteiger charge is -2.33. The molecule has 0 bridgehead atoms. The second-order valence-electron chi connectivity index (χ2n) is 7.35. The molecule has 34 heavy (non-hydrogen) atoms. The van der Waals surface area contributed by atoms with Crippen molar-refractivity contribution >= 4 is 41.0 Å². The number of benzene rings is 2. The Balaban J connectivity index is 0.00000158.